The zero-order valence-corrected chi connectivity index (χ0v) is 11.6. The molecule has 6 nitrogen and oxygen atoms in total. The summed E-state index contributed by atoms with van der Waals surface area (Å²) in [4.78, 5) is 23.5. The summed E-state index contributed by atoms with van der Waals surface area (Å²) >= 11 is 0. The molecule has 1 rings (SSSR count). The third-order valence-corrected chi connectivity index (χ3v) is 3.22. The molecule has 0 saturated heterocycles. The van der Waals surface area contributed by atoms with E-state index in [-0.39, 0.29) is 23.7 Å². The molecule has 0 unspecified atom stereocenters. The van der Waals surface area contributed by atoms with E-state index in [0.717, 1.165) is 32.1 Å². The fourth-order valence-corrected chi connectivity index (χ4v) is 2.13. The Balaban J connectivity index is 2.34. The van der Waals surface area contributed by atoms with Crippen LogP contribution in [0.25, 0.3) is 0 Å². The molecule has 1 saturated carbocycles. The Hall–Kier alpha value is -1.72. The minimum absolute atomic E-state index is 0.0345. The molecule has 0 heterocycles. The first kappa shape index (κ1) is 15.3. The Bertz CT molecular complexity index is 358. The summed E-state index contributed by atoms with van der Waals surface area (Å²) in [5.74, 6) is -0.171. The van der Waals surface area contributed by atoms with Crippen molar-refractivity contribution in [2.45, 2.75) is 46.0 Å². The van der Waals surface area contributed by atoms with Crippen molar-refractivity contribution < 1.29 is 9.59 Å². The Morgan fingerprint density at radius 3 is 1.95 bits per heavy atom. The maximum Gasteiger partial charge on any atom is 0.243 e. The summed E-state index contributed by atoms with van der Waals surface area (Å²) in [6, 6.07) is 0. The van der Waals surface area contributed by atoms with Crippen molar-refractivity contribution >= 4 is 24.2 Å². The number of nitrogens with one attached hydrogen (secondary N) is 2. The van der Waals surface area contributed by atoms with Crippen LogP contribution < -0.4 is 10.9 Å². The number of hydrogen-bond acceptors (Lipinski definition) is 4. The number of amides is 2. The minimum Gasteiger partial charge on any atom is -0.273 e. The van der Waals surface area contributed by atoms with Crippen molar-refractivity contribution in [1.82, 2.24) is 10.9 Å². The second-order valence-corrected chi connectivity index (χ2v) is 4.61. The molecule has 0 aliphatic heterocycles. The molecule has 0 aromatic heterocycles. The largest absolute Gasteiger partial charge is 0.273 e. The predicted octanol–water partition coefficient (Wildman–Crippen LogP) is 1.43. The molecule has 0 radical (unpaired) electrons. The summed E-state index contributed by atoms with van der Waals surface area (Å²) in [5.41, 5.74) is 5.03. The molecule has 1 fully saturated rings. The quantitative estimate of drug-likeness (QED) is 0.583. The monoisotopic (exact) mass is 266 g/mol. The van der Waals surface area contributed by atoms with Crippen LogP contribution in [0.2, 0.25) is 0 Å². The molecule has 106 valence electrons. The number of nitrogens with zero attached hydrogens (tertiary/aromatic N) is 2. The number of carbonyl (C=O) groups is 2. The van der Waals surface area contributed by atoms with Gasteiger partial charge in [0.15, 0.2) is 0 Å². The highest BCUT2D eigenvalue weighted by Crippen LogP contribution is 2.29. The molecule has 19 heavy (non-hydrogen) atoms. The Labute approximate surface area is 113 Å². The molecule has 2 amide bonds. The third-order valence-electron chi connectivity index (χ3n) is 3.22. The zero-order chi connectivity index (χ0) is 14.1. The molecule has 1 aliphatic carbocycles. The minimum atomic E-state index is -0.0547. The topological polar surface area (TPSA) is 82.9 Å². The van der Waals surface area contributed by atoms with Crippen LogP contribution in [0.3, 0.4) is 0 Å². The van der Waals surface area contributed by atoms with Gasteiger partial charge in [-0.15, -0.1) is 0 Å². The van der Waals surface area contributed by atoms with Crippen LogP contribution in [0, 0.1) is 11.8 Å². The second kappa shape index (κ2) is 8.39. The van der Waals surface area contributed by atoms with Crippen LogP contribution in [0.15, 0.2) is 10.2 Å². The lowest BCUT2D eigenvalue weighted by atomic mass is 9.81. The molecular formula is C13H22N4O2. The lowest BCUT2D eigenvalue weighted by molar-refractivity contribution is -0.130. The van der Waals surface area contributed by atoms with Gasteiger partial charge in [0, 0.05) is 24.3 Å². The Morgan fingerprint density at radius 1 is 1.05 bits per heavy atom. The van der Waals surface area contributed by atoms with E-state index in [1.165, 1.54) is 0 Å². The standard InChI is InChI=1S/C13H22N4O2/c1-3-9-15-17-13(19)11-7-5-10(6-8-11)12(18)16-14-4-2/h4,9-11H,3,5-8H2,1-2H3,(H,16,18)(H,17,19)/b14-4+,15-9+. The fraction of sp³-hybridized carbons (Fsp3) is 0.692. The van der Waals surface area contributed by atoms with Gasteiger partial charge in [-0.2, -0.15) is 10.2 Å². The molecule has 0 atom stereocenters. The van der Waals surface area contributed by atoms with Crippen molar-refractivity contribution in [2.75, 3.05) is 0 Å². The molecule has 2 N–H and O–H groups in total. The van der Waals surface area contributed by atoms with Gasteiger partial charge in [0.25, 0.3) is 0 Å². The van der Waals surface area contributed by atoms with E-state index in [9.17, 15) is 9.59 Å². The Kier molecular flexibility index (Phi) is 6.78. The van der Waals surface area contributed by atoms with Gasteiger partial charge in [-0.25, -0.2) is 10.9 Å². The smallest absolute Gasteiger partial charge is 0.243 e. The summed E-state index contributed by atoms with van der Waals surface area (Å²) in [5, 5.41) is 7.56. The lowest BCUT2D eigenvalue weighted by Gasteiger charge is -2.25. The predicted molar refractivity (Wildman–Crippen MR) is 74.7 cm³/mol. The van der Waals surface area contributed by atoms with E-state index in [4.69, 9.17) is 0 Å². The van der Waals surface area contributed by atoms with Gasteiger partial charge >= 0.3 is 0 Å². The van der Waals surface area contributed by atoms with Gasteiger partial charge in [0.1, 0.15) is 0 Å². The van der Waals surface area contributed by atoms with Gasteiger partial charge in [-0.05, 0) is 39.0 Å². The van der Waals surface area contributed by atoms with Crippen LogP contribution in [0.5, 0.6) is 0 Å². The van der Waals surface area contributed by atoms with Crippen molar-refractivity contribution in [3.05, 3.63) is 0 Å². The normalized spacial score (nSPS) is 23.7. The number of rotatable bonds is 5. The summed E-state index contributed by atoms with van der Waals surface area (Å²) in [6.07, 6.45) is 6.90. The SMILES string of the molecule is C/C=N/NC(=O)C1CCC(C(=O)N/N=C/CC)CC1. The summed E-state index contributed by atoms with van der Waals surface area (Å²) < 4.78 is 0. The van der Waals surface area contributed by atoms with Gasteiger partial charge in [-0.3, -0.25) is 9.59 Å². The van der Waals surface area contributed by atoms with Gasteiger partial charge in [0.2, 0.25) is 11.8 Å². The zero-order valence-electron chi connectivity index (χ0n) is 11.6. The fourth-order valence-electron chi connectivity index (χ4n) is 2.13. The van der Waals surface area contributed by atoms with Crippen molar-refractivity contribution in [2.24, 2.45) is 22.0 Å². The van der Waals surface area contributed by atoms with Gasteiger partial charge < -0.3 is 0 Å². The molecule has 0 bridgehead atoms. The van der Waals surface area contributed by atoms with E-state index in [1.54, 1.807) is 19.4 Å². The first-order valence-corrected chi connectivity index (χ1v) is 6.77. The average molecular weight is 266 g/mol. The maximum absolute atomic E-state index is 11.8. The molecule has 0 spiro atoms. The number of hydrogen-bond donors (Lipinski definition) is 2. The molecule has 0 aromatic rings. The third kappa shape index (κ3) is 5.19. The van der Waals surface area contributed by atoms with Crippen molar-refractivity contribution in [3.8, 4) is 0 Å². The molecule has 0 aromatic carbocycles. The number of hydrazone groups is 2. The van der Waals surface area contributed by atoms with Crippen LogP contribution in [0.4, 0.5) is 0 Å². The Morgan fingerprint density at radius 2 is 1.53 bits per heavy atom. The van der Waals surface area contributed by atoms with E-state index in [0.29, 0.717) is 0 Å². The van der Waals surface area contributed by atoms with Crippen LogP contribution in [-0.4, -0.2) is 24.2 Å². The van der Waals surface area contributed by atoms with Gasteiger partial charge in [0.05, 0.1) is 0 Å². The van der Waals surface area contributed by atoms with E-state index in [2.05, 4.69) is 21.1 Å². The second-order valence-electron chi connectivity index (χ2n) is 4.61. The van der Waals surface area contributed by atoms with Crippen LogP contribution >= 0.6 is 0 Å². The maximum atomic E-state index is 11.8. The highest BCUT2D eigenvalue weighted by atomic mass is 16.2. The average Bonchev–Trinajstić information content (AvgIpc) is 2.45. The molecule has 1 aliphatic rings. The highest BCUT2D eigenvalue weighted by Gasteiger charge is 2.29. The lowest BCUT2D eigenvalue weighted by Crippen LogP contribution is -2.34. The van der Waals surface area contributed by atoms with Crippen LogP contribution in [-0.2, 0) is 9.59 Å². The summed E-state index contributed by atoms with van der Waals surface area (Å²) in [7, 11) is 0. The summed E-state index contributed by atoms with van der Waals surface area (Å²) in [6.45, 7) is 3.70. The van der Waals surface area contributed by atoms with Crippen molar-refractivity contribution in [1.29, 1.82) is 0 Å². The van der Waals surface area contributed by atoms with Gasteiger partial charge in [-0.1, -0.05) is 6.92 Å². The highest BCUT2D eigenvalue weighted by molar-refractivity contribution is 5.81. The molecular weight excluding hydrogens is 244 g/mol. The first-order chi connectivity index (χ1) is 9.19. The number of carbonyl (C=O) groups excluding carboxylic acids is 2. The first-order valence-electron chi connectivity index (χ1n) is 6.77. The molecule has 6 heteroatoms. The van der Waals surface area contributed by atoms with Crippen molar-refractivity contribution in [3.63, 3.8) is 0 Å². The van der Waals surface area contributed by atoms with E-state index in [1.807, 2.05) is 6.92 Å². The van der Waals surface area contributed by atoms with Crippen LogP contribution in [0.1, 0.15) is 46.0 Å². The van der Waals surface area contributed by atoms with E-state index >= 15 is 0 Å². The van der Waals surface area contributed by atoms with E-state index < -0.39 is 0 Å².